The maximum Gasteiger partial charge on any atom is 0.336 e. The predicted molar refractivity (Wildman–Crippen MR) is 82.6 cm³/mol. The molecule has 0 bridgehead atoms. The molecule has 0 spiro atoms. The van der Waals surface area contributed by atoms with Crippen LogP contribution in [0.2, 0.25) is 0 Å². The van der Waals surface area contributed by atoms with Crippen molar-refractivity contribution >= 4 is 37.6 Å². The van der Waals surface area contributed by atoms with Gasteiger partial charge in [-0.1, -0.05) is 20.8 Å². The quantitative estimate of drug-likeness (QED) is 0.840. The van der Waals surface area contributed by atoms with Crippen molar-refractivity contribution in [2.45, 2.75) is 27.2 Å². The van der Waals surface area contributed by atoms with Crippen LogP contribution in [0, 0.1) is 5.41 Å². The van der Waals surface area contributed by atoms with Crippen LogP contribution < -0.4 is 4.72 Å². The van der Waals surface area contributed by atoms with E-state index in [1.54, 1.807) is 0 Å². The molecule has 2 N–H and O–H groups in total. The molecule has 0 saturated carbocycles. The summed E-state index contributed by atoms with van der Waals surface area (Å²) in [6.45, 7) is 5.89. The second-order valence-electron chi connectivity index (χ2n) is 5.73. The second-order valence-corrected chi connectivity index (χ2v) is 8.43. The Morgan fingerprint density at radius 1 is 1.35 bits per heavy atom. The van der Waals surface area contributed by atoms with Gasteiger partial charge in [-0.3, -0.25) is 4.72 Å². The third-order valence-electron chi connectivity index (χ3n) is 2.59. The number of halogens is 1. The summed E-state index contributed by atoms with van der Waals surface area (Å²) in [5, 5.41) is 8.99. The summed E-state index contributed by atoms with van der Waals surface area (Å²) in [5.41, 5.74) is 0.182. The van der Waals surface area contributed by atoms with E-state index in [2.05, 4.69) is 20.7 Å². The Morgan fingerprint density at radius 3 is 2.45 bits per heavy atom. The Hall–Kier alpha value is -1.08. The third kappa shape index (κ3) is 5.50. The van der Waals surface area contributed by atoms with E-state index in [0.717, 1.165) is 0 Å². The molecule has 0 aliphatic rings. The normalized spacial score (nSPS) is 12.2. The molecule has 0 aromatic heterocycles. The van der Waals surface area contributed by atoms with Crippen LogP contribution in [0.15, 0.2) is 22.7 Å². The molecule has 0 fully saturated rings. The van der Waals surface area contributed by atoms with Gasteiger partial charge < -0.3 is 5.11 Å². The molecule has 0 unspecified atom stereocenters. The highest BCUT2D eigenvalue weighted by atomic mass is 79.9. The van der Waals surface area contributed by atoms with Crippen molar-refractivity contribution in [1.82, 2.24) is 0 Å². The molecule has 0 saturated heterocycles. The number of carbonyl (C=O) groups is 1. The summed E-state index contributed by atoms with van der Waals surface area (Å²) < 4.78 is 26.7. The summed E-state index contributed by atoms with van der Waals surface area (Å²) in [5.74, 6) is -1.12. The fraction of sp³-hybridized carbons (Fsp3) is 0.462. The number of benzene rings is 1. The lowest BCUT2D eigenvalue weighted by atomic mass is 9.94. The van der Waals surface area contributed by atoms with Crippen molar-refractivity contribution in [3.05, 3.63) is 28.2 Å². The number of aromatic carboxylic acids is 1. The van der Waals surface area contributed by atoms with Crippen LogP contribution in [0.3, 0.4) is 0 Å². The van der Waals surface area contributed by atoms with Gasteiger partial charge in [0.05, 0.1) is 11.3 Å². The van der Waals surface area contributed by atoms with E-state index >= 15 is 0 Å². The zero-order chi connectivity index (χ0) is 15.6. The third-order valence-corrected chi connectivity index (χ3v) is 4.57. The van der Waals surface area contributed by atoms with Gasteiger partial charge in [-0.25, -0.2) is 13.2 Å². The van der Waals surface area contributed by atoms with E-state index in [9.17, 15) is 13.2 Å². The summed E-state index contributed by atoms with van der Waals surface area (Å²) in [7, 11) is -3.48. The summed E-state index contributed by atoms with van der Waals surface area (Å²) >= 11 is 3.11. The Balaban J connectivity index is 2.88. The summed E-state index contributed by atoms with van der Waals surface area (Å²) in [6.07, 6.45) is 0.519. The van der Waals surface area contributed by atoms with E-state index in [1.165, 1.54) is 18.2 Å². The second kappa shape index (κ2) is 6.13. The van der Waals surface area contributed by atoms with Crippen molar-refractivity contribution < 1.29 is 18.3 Å². The van der Waals surface area contributed by atoms with Gasteiger partial charge in [0.2, 0.25) is 10.0 Å². The number of hydrogen-bond donors (Lipinski definition) is 2. The zero-order valence-corrected chi connectivity index (χ0v) is 14.0. The van der Waals surface area contributed by atoms with Gasteiger partial charge >= 0.3 is 5.97 Å². The number of sulfonamides is 1. The van der Waals surface area contributed by atoms with Crippen LogP contribution in [0.25, 0.3) is 0 Å². The molecule has 1 aromatic carbocycles. The average Bonchev–Trinajstić information content (AvgIpc) is 2.28. The molecular weight excluding hydrogens is 346 g/mol. The van der Waals surface area contributed by atoms with Crippen molar-refractivity contribution in [2.24, 2.45) is 5.41 Å². The minimum atomic E-state index is -3.48. The molecule has 0 aliphatic carbocycles. The van der Waals surface area contributed by atoms with E-state index in [-0.39, 0.29) is 22.4 Å². The Bertz CT molecular complexity index is 605. The molecule has 0 aliphatic heterocycles. The highest BCUT2D eigenvalue weighted by Crippen LogP contribution is 2.23. The SMILES string of the molecule is CC(C)(C)CCS(=O)(=O)Nc1ccc(Br)c(C(=O)O)c1. The van der Waals surface area contributed by atoms with Gasteiger partial charge in [-0.2, -0.15) is 0 Å². The first kappa shape index (κ1) is 17.0. The van der Waals surface area contributed by atoms with Crippen molar-refractivity contribution in [2.75, 3.05) is 10.5 Å². The van der Waals surface area contributed by atoms with E-state index in [4.69, 9.17) is 5.11 Å². The summed E-state index contributed by atoms with van der Waals surface area (Å²) in [4.78, 5) is 11.0. The summed E-state index contributed by atoms with van der Waals surface area (Å²) in [6, 6.07) is 4.32. The monoisotopic (exact) mass is 363 g/mol. The molecule has 0 heterocycles. The van der Waals surface area contributed by atoms with Gasteiger partial charge in [0.25, 0.3) is 0 Å². The van der Waals surface area contributed by atoms with Crippen LogP contribution in [0.1, 0.15) is 37.6 Å². The molecule has 1 aromatic rings. The standard InChI is InChI=1S/C13H18BrNO4S/c1-13(2,3)6-7-20(18,19)15-9-4-5-11(14)10(8-9)12(16)17/h4-5,8,15H,6-7H2,1-3H3,(H,16,17). The molecule has 7 heteroatoms. The van der Waals surface area contributed by atoms with Gasteiger partial charge in [0.1, 0.15) is 0 Å². The van der Waals surface area contributed by atoms with Crippen LogP contribution in [-0.4, -0.2) is 25.2 Å². The number of carboxylic acid groups (broad SMARTS) is 1. The highest BCUT2D eigenvalue weighted by Gasteiger charge is 2.18. The van der Waals surface area contributed by atoms with Gasteiger partial charge in [-0.15, -0.1) is 0 Å². The van der Waals surface area contributed by atoms with E-state index in [1.807, 2.05) is 20.8 Å². The topological polar surface area (TPSA) is 83.5 Å². The molecule has 0 radical (unpaired) electrons. The molecule has 112 valence electrons. The van der Waals surface area contributed by atoms with E-state index in [0.29, 0.717) is 10.9 Å². The molecule has 5 nitrogen and oxygen atoms in total. The first-order chi connectivity index (χ1) is 9.00. The van der Waals surface area contributed by atoms with Crippen LogP contribution >= 0.6 is 15.9 Å². The van der Waals surface area contributed by atoms with E-state index < -0.39 is 16.0 Å². The fourth-order valence-electron chi connectivity index (χ4n) is 1.42. The first-order valence-electron chi connectivity index (χ1n) is 6.03. The smallest absolute Gasteiger partial charge is 0.336 e. The Labute approximate surface area is 127 Å². The lowest BCUT2D eigenvalue weighted by molar-refractivity contribution is 0.0696. The largest absolute Gasteiger partial charge is 0.478 e. The molecule has 1 rings (SSSR count). The minimum absolute atomic E-state index is 0.00499. The van der Waals surface area contributed by atoms with Crippen molar-refractivity contribution in [3.63, 3.8) is 0 Å². The van der Waals surface area contributed by atoms with Gasteiger partial charge in [-0.05, 0) is 46.0 Å². The lowest BCUT2D eigenvalue weighted by Gasteiger charge is -2.18. The number of anilines is 1. The first-order valence-corrected chi connectivity index (χ1v) is 8.48. The number of hydrogen-bond acceptors (Lipinski definition) is 3. The van der Waals surface area contributed by atoms with Crippen molar-refractivity contribution in [3.8, 4) is 0 Å². The highest BCUT2D eigenvalue weighted by molar-refractivity contribution is 9.10. The Morgan fingerprint density at radius 2 is 1.95 bits per heavy atom. The molecule has 0 amide bonds. The zero-order valence-electron chi connectivity index (χ0n) is 11.6. The number of nitrogens with one attached hydrogen (secondary N) is 1. The van der Waals surface area contributed by atoms with Crippen LogP contribution in [0.5, 0.6) is 0 Å². The number of carboxylic acids is 1. The molecular formula is C13H18BrNO4S. The van der Waals surface area contributed by atoms with Crippen LogP contribution in [-0.2, 0) is 10.0 Å². The van der Waals surface area contributed by atoms with Crippen LogP contribution in [0.4, 0.5) is 5.69 Å². The fourth-order valence-corrected chi connectivity index (χ4v) is 3.31. The molecule has 0 atom stereocenters. The lowest BCUT2D eigenvalue weighted by Crippen LogP contribution is -2.21. The minimum Gasteiger partial charge on any atom is -0.478 e. The van der Waals surface area contributed by atoms with Gasteiger partial charge in [0, 0.05) is 10.2 Å². The predicted octanol–water partition coefficient (Wildman–Crippen LogP) is 3.33. The van der Waals surface area contributed by atoms with Crippen molar-refractivity contribution in [1.29, 1.82) is 0 Å². The molecule has 20 heavy (non-hydrogen) atoms. The maximum absolute atomic E-state index is 11.9. The average molecular weight is 364 g/mol. The maximum atomic E-state index is 11.9. The number of rotatable bonds is 5. The Kier molecular flexibility index (Phi) is 5.21. The van der Waals surface area contributed by atoms with Gasteiger partial charge in [0.15, 0.2) is 0 Å².